The molecule has 1 unspecified atom stereocenters. The molecular formula is C12H23N3O2. The van der Waals surface area contributed by atoms with Gasteiger partial charge in [0.15, 0.2) is 0 Å². The van der Waals surface area contributed by atoms with Crippen LogP contribution in [0.15, 0.2) is 0 Å². The van der Waals surface area contributed by atoms with Crippen molar-refractivity contribution in [1.82, 2.24) is 10.2 Å². The van der Waals surface area contributed by atoms with E-state index >= 15 is 0 Å². The lowest BCUT2D eigenvalue weighted by atomic mass is 9.86. The van der Waals surface area contributed by atoms with Gasteiger partial charge in [0.25, 0.3) is 0 Å². The van der Waals surface area contributed by atoms with E-state index in [-0.39, 0.29) is 23.3 Å². The molecule has 0 aromatic carbocycles. The molecule has 2 amide bonds. The topological polar surface area (TPSA) is 75.4 Å². The predicted octanol–water partition coefficient (Wildman–Crippen LogP) is 0.0968. The van der Waals surface area contributed by atoms with Crippen LogP contribution in [-0.4, -0.2) is 41.9 Å². The van der Waals surface area contributed by atoms with E-state index in [1.807, 2.05) is 20.8 Å². The maximum atomic E-state index is 12.1. The number of carbonyl (C=O) groups is 2. The van der Waals surface area contributed by atoms with Gasteiger partial charge in [-0.2, -0.15) is 0 Å². The van der Waals surface area contributed by atoms with Gasteiger partial charge in [-0.1, -0.05) is 20.8 Å². The zero-order valence-electron chi connectivity index (χ0n) is 11.1. The van der Waals surface area contributed by atoms with Crippen LogP contribution in [0.4, 0.5) is 0 Å². The molecule has 17 heavy (non-hydrogen) atoms. The fraction of sp³-hybridized carbons (Fsp3) is 0.833. The molecule has 0 aromatic rings. The van der Waals surface area contributed by atoms with Gasteiger partial charge in [-0.15, -0.1) is 0 Å². The Balaban J connectivity index is 2.54. The summed E-state index contributed by atoms with van der Waals surface area (Å²) in [5.74, 6) is -0.0743. The van der Waals surface area contributed by atoms with Gasteiger partial charge in [0.05, 0.1) is 6.04 Å². The van der Waals surface area contributed by atoms with Crippen LogP contribution in [0.5, 0.6) is 0 Å². The highest BCUT2D eigenvalue weighted by molar-refractivity contribution is 5.83. The van der Waals surface area contributed by atoms with E-state index < -0.39 is 6.04 Å². The van der Waals surface area contributed by atoms with Gasteiger partial charge in [-0.05, 0) is 11.8 Å². The zero-order valence-corrected chi connectivity index (χ0v) is 11.1. The maximum Gasteiger partial charge on any atom is 0.240 e. The standard InChI is InChI=1S/C12H23N3O2/c1-8(16)14-9-5-6-15(7-9)11(17)10(13)12(2,3)4/h9-10H,5-7,13H2,1-4H3,(H,14,16)/t9?,10-/m0/s1. The molecule has 1 heterocycles. The third-order valence-electron chi connectivity index (χ3n) is 3.11. The van der Waals surface area contributed by atoms with Gasteiger partial charge < -0.3 is 16.0 Å². The van der Waals surface area contributed by atoms with Crippen molar-refractivity contribution in [2.45, 2.75) is 46.2 Å². The Morgan fingerprint density at radius 3 is 2.47 bits per heavy atom. The Kier molecular flexibility index (Phi) is 4.14. The molecule has 1 aliphatic heterocycles. The Morgan fingerprint density at radius 2 is 2.00 bits per heavy atom. The molecule has 0 aliphatic carbocycles. The largest absolute Gasteiger partial charge is 0.352 e. The minimum atomic E-state index is -0.487. The first kappa shape index (κ1) is 14.0. The number of nitrogens with zero attached hydrogens (tertiary/aromatic N) is 1. The average molecular weight is 241 g/mol. The molecule has 98 valence electrons. The quantitative estimate of drug-likeness (QED) is 0.720. The first-order chi connectivity index (χ1) is 7.71. The normalized spacial score (nSPS) is 22.4. The van der Waals surface area contributed by atoms with Gasteiger partial charge in [-0.3, -0.25) is 9.59 Å². The third-order valence-corrected chi connectivity index (χ3v) is 3.11. The van der Waals surface area contributed by atoms with Crippen LogP contribution in [0.2, 0.25) is 0 Å². The molecule has 0 radical (unpaired) electrons. The van der Waals surface area contributed by atoms with Crippen LogP contribution in [0, 0.1) is 5.41 Å². The number of amides is 2. The van der Waals surface area contributed by atoms with Gasteiger partial charge in [0.2, 0.25) is 11.8 Å². The minimum absolute atomic E-state index is 0.0228. The average Bonchev–Trinajstić information content (AvgIpc) is 2.61. The molecule has 3 N–H and O–H groups in total. The van der Waals surface area contributed by atoms with E-state index in [0.717, 1.165) is 6.42 Å². The monoisotopic (exact) mass is 241 g/mol. The van der Waals surface area contributed by atoms with Gasteiger partial charge in [-0.25, -0.2) is 0 Å². The van der Waals surface area contributed by atoms with E-state index in [2.05, 4.69) is 5.32 Å². The summed E-state index contributed by atoms with van der Waals surface area (Å²) in [6.45, 7) is 8.60. The Bertz CT molecular complexity index is 309. The number of hydrogen-bond acceptors (Lipinski definition) is 3. The highest BCUT2D eigenvalue weighted by Gasteiger charge is 2.34. The molecular weight excluding hydrogens is 218 g/mol. The second kappa shape index (κ2) is 5.04. The first-order valence-corrected chi connectivity index (χ1v) is 6.03. The second-order valence-corrected chi connectivity index (χ2v) is 5.81. The van der Waals surface area contributed by atoms with E-state index in [9.17, 15) is 9.59 Å². The molecule has 1 fully saturated rings. The number of hydrogen-bond donors (Lipinski definition) is 2. The first-order valence-electron chi connectivity index (χ1n) is 6.03. The minimum Gasteiger partial charge on any atom is -0.352 e. The molecule has 0 bridgehead atoms. The van der Waals surface area contributed by atoms with Crippen LogP contribution in [0.3, 0.4) is 0 Å². The van der Waals surface area contributed by atoms with Crippen molar-refractivity contribution in [2.75, 3.05) is 13.1 Å². The highest BCUT2D eigenvalue weighted by atomic mass is 16.2. The van der Waals surface area contributed by atoms with Crippen molar-refractivity contribution in [2.24, 2.45) is 11.1 Å². The van der Waals surface area contributed by atoms with Crippen molar-refractivity contribution < 1.29 is 9.59 Å². The number of nitrogens with two attached hydrogens (primary N) is 1. The van der Waals surface area contributed by atoms with Crippen LogP contribution < -0.4 is 11.1 Å². The van der Waals surface area contributed by atoms with Gasteiger partial charge >= 0.3 is 0 Å². The lowest BCUT2D eigenvalue weighted by molar-refractivity contribution is -0.134. The molecule has 0 saturated carbocycles. The second-order valence-electron chi connectivity index (χ2n) is 5.81. The lowest BCUT2D eigenvalue weighted by Gasteiger charge is -2.29. The molecule has 1 saturated heterocycles. The summed E-state index contributed by atoms with van der Waals surface area (Å²) in [5.41, 5.74) is 5.71. The van der Waals surface area contributed by atoms with Crippen LogP contribution in [0.25, 0.3) is 0 Å². The Labute approximate surface area is 103 Å². The summed E-state index contributed by atoms with van der Waals surface area (Å²) in [4.78, 5) is 24.8. The summed E-state index contributed by atoms with van der Waals surface area (Å²) in [5, 5.41) is 2.83. The molecule has 5 nitrogen and oxygen atoms in total. The van der Waals surface area contributed by atoms with Crippen molar-refractivity contribution in [1.29, 1.82) is 0 Å². The fourth-order valence-corrected chi connectivity index (χ4v) is 1.93. The van der Waals surface area contributed by atoms with Crippen molar-refractivity contribution >= 4 is 11.8 Å². The van der Waals surface area contributed by atoms with E-state index in [1.165, 1.54) is 6.92 Å². The SMILES string of the molecule is CC(=O)NC1CCN(C(=O)[C@H](N)C(C)(C)C)C1. The van der Waals surface area contributed by atoms with Crippen LogP contribution >= 0.6 is 0 Å². The van der Waals surface area contributed by atoms with E-state index in [0.29, 0.717) is 13.1 Å². The van der Waals surface area contributed by atoms with Crippen LogP contribution in [0.1, 0.15) is 34.1 Å². The summed E-state index contributed by atoms with van der Waals surface area (Å²) in [6.07, 6.45) is 0.808. The zero-order chi connectivity index (χ0) is 13.2. The fourth-order valence-electron chi connectivity index (χ4n) is 1.93. The lowest BCUT2D eigenvalue weighted by Crippen LogP contribution is -2.50. The van der Waals surface area contributed by atoms with Gasteiger partial charge in [0, 0.05) is 26.1 Å². The summed E-state index contributed by atoms with van der Waals surface area (Å²) < 4.78 is 0. The molecule has 5 heteroatoms. The van der Waals surface area contributed by atoms with Crippen molar-refractivity contribution in [3.8, 4) is 0 Å². The van der Waals surface area contributed by atoms with Crippen molar-refractivity contribution in [3.05, 3.63) is 0 Å². The number of likely N-dealkylation sites (tertiary alicyclic amines) is 1. The van der Waals surface area contributed by atoms with Crippen LogP contribution in [-0.2, 0) is 9.59 Å². The molecule has 2 atom stereocenters. The molecule has 1 rings (SSSR count). The van der Waals surface area contributed by atoms with E-state index in [1.54, 1.807) is 4.90 Å². The third kappa shape index (κ3) is 3.70. The molecule has 0 aromatic heterocycles. The number of nitrogens with one attached hydrogen (secondary N) is 1. The summed E-state index contributed by atoms with van der Waals surface area (Å²) in [7, 11) is 0. The van der Waals surface area contributed by atoms with E-state index in [4.69, 9.17) is 5.73 Å². The Hall–Kier alpha value is -1.10. The van der Waals surface area contributed by atoms with Crippen molar-refractivity contribution in [3.63, 3.8) is 0 Å². The number of carbonyl (C=O) groups excluding carboxylic acids is 2. The highest BCUT2D eigenvalue weighted by Crippen LogP contribution is 2.21. The maximum absolute atomic E-state index is 12.1. The predicted molar refractivity (Wildman–Crippen MR) is 66.2 cm³/mol. The summed E-state index contributed by atoms with van der Waals surface area (Å²) in [6, 6.07) is -0.415. The Morgan fingerprint density at radius 1 is 1.41 bits per heavy atom. The van der Waals surface area contributed by atoms with Gasteiger partial charge in [0.1, 0.15) is 0 Å². The summed E-state index contributed by atoms with van der Waals surface area (Å²) >= 11 is 0. The smallest absolute Gasteiger partial charge is 0.240 e. The molecule has 1 aliphatic rings. The molecule has 0 spiro atoms. The number of rotatable bonds is 2.